The first-order valence-corrected chi connectivity index (χ1v) is 33.6. The minimum atomic E-state index is -3.34. The van der Waals surface area contributed by atoms with Crippen molar-refractivity contribution in [2.45, 2.75) is 292 Å². The molecule has 106 heavy (non-hydrogen) atoms. The number of hydrogen-bond donors (Lipinski definition) is 27. The molecule has 8 aliphatic heterocycles. The van der Waals surface area contributed by atoms with Crippen LogP contribution in [0, 0.1) is 0 Å². The zero-order valence-electron chi connectivity index (χ0n) is 57.2. The standard InChI is InChI=1S/C59H98N4O43/c1-14-31(77)38(84)39(85)54(92-14)100-44-26(13-70)98-53(30(63-18(5)74)47(44)102-57-42(88)50(36(82)24(11-68)96-57)106-59(58(90)91)6-19(75)27(60-15(2)71)46(105-59)32(78)20(76)7-64)104-49-35(81)22(9-66)94-55(40(49)86)99-43-25(12-69)97-52(28(37(43)83)61-16(3)72)103-48-34(80)23(10-67)95-56(41(48)87)101-45-29(62-17(4)73)51(89)93-21(8-65)33(45)79/h14,19-57,64-70,75-89H,6-13H2,1-5H3,(H,60,71)(H,61,72)(H,62,73)(H,63,74)(H,90,91)/t14-,19-,20+,21+,22+,23+,24+,25+,26+,27+,28+,29+,30+,31+,32+,33-,34-,35-,36-,37+,38+,39-,40+,41+,42+,43+,44+,45+,46+,47+,48-,49-,50-,51?,52-,53-,54-,55-,56-,57-,59-/m0/s1. The first kappa shape index (κ1) is 87.4. The molecule has 47 heteroatoms. The number of aliphatic hydroxyl groups is 22. The normalized spacial score (nSPS) is 47.2. The lowest BCUT2D eigenvalue weighted by atomic mass is 9.88. The van der Waals surface area contributed by atoms with Gasteiger partial charge in [0.2, 0.25) is 23.6 Å². The number of aliphatic hydroxyl groups excluding tert-OH is 22. The third-order valence-electron chi connectivity index (χ3n) is 19.2. The number of carbonyl (C=O) groups is 5. The second kappa shape index (κ2) is 37.5. The van der Waals surface area contributed by atoms with Gasteiger partial charge in [-0.3, -0.25) is 19.2 Å². The molecule has 0 bridgehead atoms. The molecule has 47 nitrogen and oxygen atoms in total. The fourth-order valence-corrected chi connectivity index (χ4v) is 13.7. The van der Waals surface area contributed by atoms with Crippen molar-refractivity contribution in [2.75, 3.05) is 46.2 Å². The second-order valence-corrected chi connectivity index (χ2v) is 26.7. The number of carbonyl (C=O) groups excluding carboxylic acids is 4. The average molecular weight is 1550 g/mol. The number of hydrogen-bond acceptors (Lipinski definition) is 42. The maximum Gasteiger partial charge on any atom is 0.364 e. The van der Waals surface area contributed by atoms with Crippen LogP contribution in [0.5, 0.6) is 0 Å². The molecule has 0 saturated carbocycles. The van der Waals surface area contributed by atoms with E-state index in [4.69, 9.17) is 71.1 Å². The highest BCUT2D eigenvalue weighted by Gasteiger charge is 2.63. The maximum atomic E-state index is 13.5. The first-order chi connectivity index (χ1) is 49.9. The fourth-order valence-electron chi connectivity index (χ4n) is 13.7. The molecule has 0 aromatic carbocycles. The average Bonchev–Trinajstić information content (AvgIpc) is 0.760. The Morgan fingerprint density at radius 2 is 0.755 bits per heavy atom. The van der Waals surface area contributed by atoms with E-state index in [-0.39, 0.29) is 0 Å². The van der Waals surface area contributed by atoms with Crippen LogP contribution in [0.3, 0.4) is 0 Å². The van der Waals surface area contributed by atoms with Gasteiger partial charge in [0.15, 0.2) is 44.0 Å². The van der Waals surface area contributed by atoms with Gasteiger partial charge < -0.3 is 210 Å². The summed E-state index contributed by atoms with van der Waals surface area (Å²) in [4.78, 5) is 64.3. The number of aliphatic carboxylic acids is 1. The van der Waals surface area contributed by atoms with Crippen molar-refractivity contribution < 1.29 is 212 Å². The van der Waals surface area contributed by atoms with Gasteiger partial charge >= 0.3 is 5.97 Å². The Morgan fingerprint density at radius 1 is 0.387 bits per heavy atom. The lowest BCUT2D eigenvalue weighted by Gasteiger charge is -2.52. The Morgan fingerprint density at radius 3 is 1.23 bits per heavy atom. The van der Waals surface area contributed by atoms with Gasteiger partial charge in [0.05, 0.1) is 64.5 Å². The predicted molar refractivity (Wildman–Crippen MR) is 327 cm³/mol. The fraction of sp³-hybridized carbons (Fsp3) is 0.915. The summed E-state index contributed by atoms with van der Waals surface area (Å²) in [6, 6.07) is -7.46. The lowest BCUT2D eigenvalue weighted by molar-refractivity contribution is -0.399. The van der Waals surface area contributed by atoms with Gasteiger partial charge in [0, 0.05) is 34.1 Å². The van der Waals surface area contributed by atoms with E-state index in [1.807, 2.05) is 0 Å². The molecule has 0 aromatic heterocycles. The molecule has 1 unspecified atom stereocenters. The molecule has 0 spiro atoms. The zero-order chi connectivity index (χ0) is 78.6. The molecule has 612 valence electrons. The van der Waals surface area contributed by atoms with Crippen LogP contribution >= 0.6 is 0 Å². The molecule has 8 aliphatic rings. The number of rotatable bonds is 28. The summed E-state index contributed by atoms with van der Waals surface area (Å²) in [6.07, 6.45) is -77.2. The number of nitrogens with one attached hydrogen (secondary N) is 4. The lowest BCUT2D eigenvalue weighted by Crippen LogP contribution is -2.72. The van der Waals surface area contributed by atoms with Crippen molar-refractivity contribution in [3.8, 4) is 0 Å². The zero-order valence-corrected chi connectivity index (χ0v) is 57.2. The van der Waals surface area contributed by atoms with Crippen LogP contribution in [0.1, 0.15) is 41.0 Å². The van der Waals surface area contributed by atoms with Gasteiger partial charge in [-0.25, -0.2) is 4.79 Å². The SMILES string of the molecule is CC(=O)N[C@H]1[C@H](O[C@H]2[C@@H](O)[C@@H](CO)O[C@@H](O[C@H]3[C@@H](O)[C@@H](CO)OC(O)[C@@H]3NC(C)=O)[C@@H]2O)O[C@H](CO)[C@@H](O[C@@H]2O[C@H](CO)[C@H](O)[C@H](O[C@@H]3O[C@H](CO)[C@@H](O[C@@H]4O[C@@H](C)[C@@H](O)[C@@H](O)[C@@H]4O)[C@H](O[C@@H]4O[C@H](CO)[C@H](O)[C@H](O[C@]5(C(=O)O)C[C@H](O)[C@@H](NC(C)=O)[C@H]([C@H](O)[C@H](O)CO)O5)[C@H]4O)[C@H]3NC(C)=O)[C@H]2O)[C@@H]1O. The van der Waals surface area contributed by atoms with E-state index in [0.717, 1.165) is 27.7 Å². The van der Waals surface area contributed by atoms with E-state index in [9.17, 15) is 141 Å². The summed E-state index contributed by atoms with van der Waals surface area (Å²) in [7, 11) is 0. The van der Waals surface area contributed by atoms with Gasteiger partial charge in [0.25, 0.3) is 5.79 Å². The quantitative estimate of drug-likeness (QED) is 0.0346. The van der Waals surface area contributed by atoms with Gasteiger partial charge in [-0.05, 0) is 6.92 Å². The predicted octanol–water partition coefficient (Wildman–Crippen LogP) is -17.6. The van der Waals surface area contributed by atoms with Crippen LogP contribution < -0.4 is 21.3 Å². The van der Waals surface area contributed by atoms with Crippen molar-refractivity contribution >= 4 is 29.6 Å². The molecule has 8 heterocycles. The molecular formula is C59H98N4O43. The van der Waals surface area contributed by atoms with E-state index in [1.54, 1.807) is 0 Å². The molecule has 41 atom stereocenters. The van der Waals surface area contributed by atoms with E-state index in [1.165, 1.54) is 6.92 Å². The number of carboxylic acid groups (broad SMARTS) is 1. The van der Waals surface area contributed by atoms with Crippen molar-refractivity contribution in [2.24, 2.45) is 0 Å². The third kappa shape index (κ3) is 19.0. The molecule has 0 aromatic rings. The van der Waals surface area contributed by atoms with Crippen LogP contribution in [0.15, 0.2) is 0 Å². The van der Waals surface area contributed by atoms with E-state index >= 15 is 0 Å². The Balaban J connectivity index is 1.10. The van der Waals surface area contributed by atoms with Crippen molar-refractivity contribution in [3.05, 3.63) is 0 Å². The second-order valence-electron chi connectivity index (χ2n) is 26.7. The van der Waals surface area contributed by atoms with Crippen LogP contribution in [0.25, 0.3) is 0 Å². The molecule has 0 radical (unpaired) electrons. The number of ether oxygens (including phenoxy) is 15. The van der Waals surface area contributed by atoms with Gasteiger partial charge in [0.1, 0.15) is 183 Å². The number of carboxylic acids is 1. The Kier molecular flexibility index (Phi) is 30.9. The highest BCUT2D eigenvalue weighted by atomic mass is 16.8. The summed E-state index contributed by atoms with van der Waals surface area (Å²) >= 11 is 0. The molecule has 0 aliphatic carbocycles. The maximum absolute atomic E-state index is 13.5. The highest BCUT2D eigenvalue weighted by Crippen LogP contribution is 2.42. The monoisotopic (exact) mass is 1550 g/mol. The van der Waals surface area contributed by atoms with Crippen LogP contribution in [-0.4, -0.2) is 444 Å². The van der Waals surface area contributed by atoms with Crippen LogP contribution in [0.2, 0.25) is 0 Å². The van der Waals surface area contributed by atoms with Gasteiger partial charge in [-0.2, -0.15) is 0 Å². The van der Waals surface area contributed by atoms with Crippen LogP contribution in [0.4, 0.5) is 0 Å². The Labute approximate surface area is 600 Å². The van der Waals surface area contributed by atoms with Crippen molar-refractivity contribution in [3.63, 3.8) is 0 Å². The molecule has 8 fully saturated rings. The highest BCUT2D eigenvalue weighted by molar-refractivity contribution is 5.77. The van der Waals surface area contributed by atoms with Gasteiger partial charge in [-0.15, -0.1) is 0 Å². The summed E-state index contributed by atoms with van der Waals surface area (Å²) in [5.41, 5.74) is 0. The molecular weight excluding hydrogens is 1450 g/mol. The van der Waals surface area contributed by atoms with E-state index in [2.05, 4.69) is 21.3 Å². The summed E-state index contributed by atoms with van der Waals surface area (Å²) in [5.74, 6) is -9.19. The molecule has 8 rings (SSSR count). The Bertz CT molecular complexity index is 2860. The van der Waals surface area contributed by atoms with Gasteiger partial charge in [-0.1, -0.05) is 0 Å². The smallest absolute Gasteiger partial charge is 0.364 e. The van der Waals surface area contributed by atoms with E-state index in [0.29, 0.717) is 0 Å². The molecule has 4 amide bonds. The summed E-state index contributed by atoms with van der Waals surface area (Å²) in [6.45, 7) is -3.06. The van der Waals surface area contributed by atoms with Crippen LogP contribution in [-0.2, 0) is 95.0 Å². The summed E-state index contributed by atoms with van der Waals surface area (Å²) in [5, 5.41) is 265. The minimum absolute atomic E-state index is 0.785. The topological polar surface area (TPSA) is 737 Å². The Hall–Kier alpha value is -4.13. The first-order valence-electron chi connectivity index (χ1n) is 33.6. The minimum Gasteiger partial charge on any atom is -0.477 e. The van der Waals surface area contributed by atoms with Crippen molar-refractivity contribution in [1.82, 2.24) is 21.3 Å². The molecule has 8 saturated heterocycles. The molecule has 27 N–H and O–H groups in total. The largest absolute Gasteiger partial charge is 0.477 e. The third-order valence-corrected chi connectivity index (χ3v) is 19.2. The summed E-state index contributed by atoms with van der Waals surface area (Å²) < 4.78 is 88.4. The van der Waals surface area contributed by atoms with Crippen molar-refractivity contribution in [1.29, 1.82) is 0 Å². The van der Waals surface area contributed by atoms with E-state index < -0.39 is 333 Å². The number of amides is 4.